The molecule has 4 heteroatoms. The summed E-state index contributed by atoms with van der Waals surface area (Å²) in [5.41, 5.74) is 2.66. The number of unbranched alkanes of at least 4 members (excludes halogenated alkanes) is 2. The van der Waals surface area contributed by atoms with E-state index in [1.54, 1.807) is 0 Å². The number of nitrogens with zero attached hydrogens (tertiary/aromatic N) is 2. The van der Waals surface area contributed by atoms with Crippen molar-refractivity contribution in [2.75, 3.05) is 19.7 Å². The van der Waals surface area contributed by atoms with Crippen molar-refractivity contribution in [3.05, 3.63) is 23.5 Å². The van der Waals surface area contributed by atoms with E-state index < -0.39 is 8.45 Å². The average molecular weight is 328 g/mol. The molecule has 0 aliphatic heterocycles. The minimum atomic E-state index is -0.762. The number of hydrogen-bond donors (Lipinski definition) is 0. The highest BCUT2D eigenvalue weighted by atomic mass is 31.2. The number of allylic oxidation sites excluding steroid dienone is 2. The molecular formula is C18H37N2OP. The molecule has 0 aromatic rings. The van der Waals surface area contributed by atoms with E-state index in [0.717, 1.165) is 19.7 Å². The van der Waals surface area contributed by atoms with Gasteiger partial charge in [0.2, 0.25) is 8.45 Å². The van der Waals surface area contributed by atoms with E-state index in [1.165, 1.54) is 36.8 Å². The first-order chi connectivity index (χ1) is 10.5. The van der Waals surface area contributed by atoms with E-state index in [4.69, 9.17) is 4.52 Å². The summed E-state index contributed by atoms with van der Waals surface area (Å²) in [6.45, 7) is 18.1. The topological polar surface area (TPSA) is 15.7 Å². The van der Waals surface area contributed by atoms with Crippen LogP contribution >= 0.6 is 8.45 Å². The molecule has 130 valence electrons. The summed E-state index contributed by atoms with van der Waals surface area (Å²) in [4.78, 5) is 0. The second-order valence-electron chi connectivity index (χ2n) is 6.12. The molecule has 0 heterocycles. The second kappa shape index (κ2) is 13.0. The highest BCUT2D eigenvalue weighted by molar-refractivity contribution is 7.47. The average Bonchev–Trinajstić information content (AvgIpc) is 2.45. The van der Waals surface area contributed by atoms with Crippen LogP contribution in [0.25, 0.3) is 0 Å². The summed E-state index contributed by atoms with van der Waals surface area (Å²) in [5, 5.41) is 0. The van der Waals surface area contributed by atoms with Crippen LogP contribution in [0.3, 0.4) is 0 Å². The van der Waals surface area contributed by atoms with Gasteiger partial charge in [0.05, 0.1) is 6.61 Å². The molecule has 0 atom stereocenters. The Hall–Kier alpha value is -0.530. The maximum Gasteiger partial charge on any atom is 0.247 e. The Bertz CT molecular complexity index is 304. The summed E-state index contributed by atoms with van der Waals surface area (Å²) in [6, 6.07) is 0. The molecule has 0 aromatic carbocycles. The summed E-state index contributed by atoms with van der Waals surface area (Å²) in [6.07, 6.45) is 9.36. The van der Waals surface area contributed by atoms with Gasteiger partial charge in [-0.3, -0.25) is 0 Å². The SMILES string of the molecule is CCCCN(C=C(C)C)P(OCC)N(C=C(C)C)CCCC. The molecular weight excluding hydrogens is 291 g/mol. The van der Waals surface area contributed by atoms with Crippen molar-refractivity contribution in [1.82, 2.24) is 9.34 Å². The second-order valence-corrected chi connectivity index (χ2v) is 7.91. The Balaban J connectivity index is 5.33. The van der Waals surface area contributed by atoms with Crippen LogP contribution in [-0.4, -0.2) is 29.0 Å². The van der Waals surface area contributed by atoms with Gasteiger partial charge >= 0.3 is 0 Å². The van der Waals surface area contributed by atoms with Crippen LogP contribution in [0.15, 0.2) is 23.5 Å². The maximum atomic E-state index is 6.19. The number of rotatable bonds is 12. The zero-order chi connectivity index (χ0) is 17.0. The van der Waals surface area contributed by atoms with Crippen LogP contribution < -0.4 is 0 Å². The fourth-order valence-corrected chi connectivity index (χ4v) is 4.15. The highest BCUT2D eigenvalue weighted by Crippen LogP contribution is 2.47. The van der Waals surface area contributed by atoms with Gasteiger partial charge in [-0.05, 0) is 47.5 Å². The first-order valence-electron chi connectivity index (χ1n) is 8.72. The normalized spacial score (nSPS) is 10.5. The minimum Gasteiger partial charge on any atom is -0.323 e. The minimum absolute atomic E-state index is 0.754. The molecule has 3 nitrogen and oxygen atoms in total. The van der Waals surface area contributed by atoms with Gasteiger partial charge in [-0.15, -0.1) is 0 Å². The summed E-state index contributed by atoms with van der Waals surface area (Å²) in [5.74, 6) is 0. The predicted octanol–water partition coefficient (Wildman–Crippen LogP) is 6.30. The Morgan fingerprint density at radius 1 is 0.818 bits per heavy atom. The van der Waals surface area contributed by atoms with Crippen molar-refractivity contribution in [2.45, 2.75) is 74.1 Å². The van der Waals surface area contributed by atoms with Gasteiger partial charge in [0, 0.05) is 25.5 Å². The molecule has 0 fully saturated rings. The lowest BCUT2D eigenvalue weighted by atomic mass is 10.3. The molecule has 0 N–H and O–H groups in total. The molecule has 0 bridgehead atoms. The largest absolute Gasteiger partial charge is 0.323 e. The standard InChI is InChI=1S/C18H37N2OP/c1-8-11-13-19(15-17(4)5)22(21-10-3)20(14-12-9-2)16-18(6)7/h15-16H,8-14H2,1-7H3. The smallest absolute Gasteiger partial charge is 0.247 e. The lowest BCUT2D eigenvalue weighted by Crippen LogP contribution is -2.26. The van der Waals surface area contributed by atoms with Crippen molar-refractivity contribution in [3.63, 3.8) is 0 Å². The fourth-order valence-electron chi connectivity index (χ4n) is 2.05. The van der Waals surface area contributed by atoms with Gasteiger partial charge in [0.1, 0.15) is 0 Å². The third-order valence-corrected chi connectivity index (χ3v) is 4.98. The van der Waals surface area contributed by atoms with Crippen LogP contribution in [0.1, 0.15) is 74.1 Å². The molecule has 0 spiro atoms. The first-order valence-corrected chi connectivity index (χ1v) is 9.88. The van der Waals surface area contributed by atoms with E-state index in [1.807, 2.05) is 0 Å². The van der Waals surface area contributed by atoms with Crippen molar-refractivity contribution in [2.24, 2.45) is 0 Å². The zero-order valence-electron chi connectivity index (χ0n) is 15.9. The molecule has 0 aliphatic rings. The molecule has 0 aromatic heterocycles. The summed E-state index contributed by atoms with van der Waals surface area (Å²) >= 11 is 0. The van der Waals surface area contributed by atoms with Gasteiger partial charge in [-0.2, -0.15) is 0 Å². The van der Waals surface area contributed by atoms with Gasteiger partial charge < -0.3 is 13.9 Å². The third-order valence-electron chi connectivity index (χ3n) is 2.98. The molecule has 22 heavy (non-hydrogen) atoms. The van der Waals surface area contributed by atoms with Crippen LogP contribution in [0.4, 0.5) is 0 Å². The zero-order valence-corrected chi connectivity index (χ0v) is 16.7. The predicted molar refractivity (Wildman–Crippen MR) is 101 cm³/mol. The van der Waals surface area contributed by atoms with E-state index in [-0.39, 0.29) is 0 Å². The van der Waals surface area contributed by atoms with Crippen molar-refractivity contribution in [1.29, 1.82) is 0 Å². The molecule has 0 unspecified atom stereocenters. The van der Waals surface area contributed by atoms with E-state index in [0.29, 0.717) is 0 Å². The van der Waals surface area contributed by atoms with Crippen molar-refractivity contribution in [3.8, 4) is 0 Å². The van der Waals surface area contributed by atoms with E-state index in [2.05, 4.69) is 70.2 Å². The van der Waals surface area contributed by atoms with Gasteiger partial charge in [0.15, 0.2) is 0 Å². The number of hydrogen-bond acceptors (Lipinski definition) is 3. The van der Waals surface area contributed by atoms with Gasteiger partial charge in [0.25, 0.3) is 0 Å². The van der Waals surface area contributed by atoms with Crippen LogP contribution in [0, 0.1) is 0 Å². The highest BCUT2D eigenvalue weighted by Gasteiger charge is 2.23. The summed E-state index contributed by atoms with van der Waals surface area (Å²) < 4.78 is 11.0. The van der Waals surface area contributed by atoms with Gasteiger partial charge in [-0.1, -0.05) is 37.8 Å². The van der Waals surface area contributed by atoms with Crippen LogP contribution in [0.5, 0.6) is 0 Å². The first kappa shape index (κ1) is 21.5. The summed E-state index contributed by atoms with van der Waals surface area (Å²) in [7, 11) is -0.762. The Labute approximate surface area is 140 Å². The Morgan fingerprint density at radius 3 is 1.50 bits per heavy atom. The van der Waals surface area contributed by atoms with Gasteiger partial charge in [-0.25, -0.2) is 0 Å². The molecule has 0 saturated carbocycles. The van der Waals surface area contributed by atoms with Crippen molar-refractivity contribution < 1.29 is 4.52 Å². The third kappa shape index (κ3) is 9.48. The molecule has 0 radical (unpaired) electrons. The Kier molecular flexibility index (Phi) is 12.6. The lowest BCUT2D eigenvalue weighted by molar-refractivity contribution is 0.304. The molecule has 0 rings (SSSR count). The quantitative estimate of drug-likeness (QED) is 0.391. The molecule has 0 saturated heterocycles. The van der Waals surface area contributed by atoms with Crippen molar-refractivity contribution >= 4 is 8.45 Å². The van der Waals surface area contributed by atoms with E-state index >= 15 is 0 Å². The monoisotopic (exact) mass is 328 g/mol. The fraction of sp³-hybridized carbons (Fsp3) is 0.778. The van der Waals surface area contributed by atoms with E-state index in [9.17, 15) is 0 Å². The van der Waals surface area contributed by atoms with Crippen LogP contribution in [0.2, 0.25) is 0 Å². The van der Waals surface area contributed by atoms with Crippen LogP contribution in [-0.2, 0) is 4.52 Å². The maximum absolute atomic E-state index is 6.19. The Morgan fingerprint density at radius 2 is 1.23 bits per heavy atom. The lowest BCUT2D eigenvalue weighted by Gasteiger charge is -2.37. The molecule has 0 amide bonds. The molecule has 0 aliphatic carbocycles.